The van der Waals surface area contributed by atoms with Gasteiger partial charge in [0.1, 0.15) is 16.2 Å². The number of carboxylic acid groups (broad SMARTS) is 1. The van der Waals surface area contributed by atoms with Crippen LogP contribution >= 0.6 is 22.7 Å². The van der Waals surface area contributed by atoms with Gasteiger partial charge in [-0.2, -0.15) is 0 Å². The standard InChI is InChI=1S/C12H9N3O5S3/c16-10(17)5-7-6-21-12(13-7)15-23(18,19)11-2-1-9(22-11)8-3-4-20-14-8/h1-4,6H,5H2,(H,13,15)(H,16,17). The number of nitrogens with one attached hydrogen (secondary N) is 1. The number of anilines is 1. The largest absolute Gasteiger partial charge is 0.481 e. The van der Waals surface area contributed by atoms with Crippen LogP contribution in [0.1, 0.15) is 5.69 Å². The zero-order chi connectivity index (χ0) is 16.4. The second-order valence-corrected chi connectivity index (χ2v) is 8.17. The molecular weight excluding hydrogens is 362 g/mol. The topological polar surface area (TPSA) is 122 Å². The smallest absolute Gasteiger partial charge is 0.309 e. The van der Waals surface area contributed by atoms with Gasteiger partial charge in [0.05, 0.1) is 17.0 Å². The summed E-state index contributed by atoms with van der Waals surface area (Å²) in [5.74, 6) is -1.03. The first-order valence-electron chi connectivity index (χ1n) is 6.13. The van der Waals surface area contributed by atoms with Gasteiger partial charge in [-0.3, -0.25) is 9.52 Å². The molecule has 0 fully saturated rings. The highest BCUT2D eigenvalue weighted by molar-refractivity contribution is 7.95. The van der Waals surface area contributed by atoms with E-state index < -0.39 is 16.0 Å². The Morgan fingerprint density at radius 2 is 2.17 bits per heavy atom. The molecule has 0 radical (unpaired) electrons. The molecule has 0 aliphatic heterocycles. The minimum absolute atomic E-state index is 0.102. The van der Waals surface area contributed by atoms with Gasteiger partial charge in [0.15, 0.2) is 5.13 Å². The average Bonchev–Trinajstić information content (AvgIpc) is 3.18. The highest BCUT2D eigenvalue weighted by Crippen LogP contribution is 2.31. The van der Waals surface area contributed by atoms with Crippen molar-refractivity contribution in [1.82, 2.24) is 10.1 Å². The Bertz CT molecular complexity index is 927. The van der Waals surface area contributed by atoms with E-state index in [1.807, 2.05) is 0 Å². The molecule has 3 heterocycles. The SMILES string of the molecule is O=C(O)Cc1csc(NS(=O)(=O)c2ccc(-c3ccon3)s2)n1. The van der Waals surface area contributed by atoms with E-state index in [0.717, 1.165) is 22.7 Å². The number of carbonyl (C=O) groups is 1. The van der Waals surface area contributed by atoms with Crippen LogP contribution in [0.25, 0.3) is 10.6 Å². The summed E-state index contributed by atoms with van der Waals surface area (Å²) in [6.07, 6.45) is 1.15. The molecule has 0 bridgehead atoms. The Kier molecular flexibility index (Phi) is 4.15. The van der Waals surface area contributed by atoms with Crippen LogP contribution in [-0.2, 0) is 21.2 Å². The van der Waals surface area contributed by atoms with Crippen molar-refractivity contribution in [3.05, 3.63) is 35.5 Å². The molecule has 3 rings (SSSR count). The van der Waals surface area contributed by atoms with E-state index in [1.54, 1.807) is 12.1 Å². The first-order chi connectivity index (χ1) is 10.9. The Morgan fingerprint density at radius 3 is 2.87 bits per heavy atom. The summed E-state index contributed by atoms with van der Waals surface area (Å²) in [7, 11) is -3.79. The van der Waals surface area contributed by atoms with Crippen LogP contribution in [0.3, 0.4) is 0 Å². The fourth-order valence-corrected chi connectivity index (χ4v) is 4.93. The third-order valence-corrected chi connectivity index (χ3v) is 6.52. The zero-order valence-electron chi connectivity index (χ0n) is 11.3. The molecule has 0 aromatic carbocycles. The lowest BCUT2D eigenvalue weighted by Gasteiger charge is -2.01. The quantitative estimate of drug-likeness (QED) is 0.681. The highest BCUT2D eigenvalue weighted by atomic mass is 32.2. The van der Waals surface area contributed by atoms with Gasteiger partial charge in [0.2, 0.25) is 0 Å². The number of aromatic nitrogens is 2. The molecule has 2 N–H and O–H groups in total. The van der Waals surface area contributed by atoms with E-state index >= 15 is 0 Å². The van der Waals surface area contributed by atoms with Crippen LogP contribution in [-0.4, -0.2) is 29.6 Å². The second-order valence-electron chi connectivity index (χ2n) is 4.32. The van der Waals surface area contributed by atoms with E-state index in [0.29, 0.717) is 16.3 Å². The predicted octanol–water partition coefficient (Wildman–Crippen LogP) is 2.29. The summed E-state index contributed by atoms with van der Waals surface area (Å²) in [4.78, 5) is 15.2. The number of sulfonamides is 1. The van der Waals surface area contributed by atoms with Gasteiger partial charge in [0.25, 0.3) is 10.0 Å². The Labute approximate surface area is 138 Å². The lowest BCUT2D eigenvalue weighted by atomic mass is 10.3. The van der Waals surface area contributed by atoms with Gasteiger partial charge < -0.3 is 9.63 Å². The minimum Gasteiger partial charge on any atom is -0.481 e. The van der Waals surface area contributed by atoms with Crippen molar-refractivity contribution in [2.75, 3.05) is 4.72 Å². The molecule has 0 amide bonds. The van der Waals surface area contributed by atoms with Crippen LogP contribution in [0.2, 0.25) is 0 Å². The van der Waals surface area contributed by atoms with Gasteiger partial charge in [-0.15, -0.1) is 22.7 Å². The maximum absolute atomic E-state index is 12.3. The van der Waals surface area contributed by atoms with E-state index in [1.165, 1.54) is 17.7 Å². The number of hydrogen-bond acceptors (Lipinski definition) is 8. The van der Waals surface area contributed by atoms with Gasteiger partial charge in [-0.25, -0.2) is 13.4 Å². The van der Waals surface area contributed by atoms with Crippen molar-refractivity contribution in [2.45, 2.75) is 10.6 Å². The molecule has 0 unspecified atom stereocenters. The van der Waals surface area contributed by atoms with Crippen LogP contribution < -0.4 is 4.72 Å². The summed E-state index contributed by atoms with van der Waals surface area (Å²) in [6, 6.07) is 4.73. The molecule has 0 atom stereocenters. The van der Waals surface area contributed by atoms with Crippen molar-refractivity contribution in [3.63, 3.8) is 0 Å². The van der Waals surface area contributed by atoms with Gasteiger partial charge >= 0.3 is 5.97 Å². The molecule has 120 valence electrons. The molecule has 3 aromatic rings. The van der Waals surface area contributed by atoms with Crippen molar-refractivity contribution in [2.24, 2.45) is 0 Å². The van der Waals surface area contributed by atoms with Crippen LogP contribution in [0, 0.1) is 0 Å². The number of thiophene rings is 1. The maximum atomic E-state index is 12.3. The summed E-state index contributed by atoms with van der Waals surface area (Å²) < 4.78 is 31.8. The van der Waals surface area contributed by atoms with Gasteiger partial charge in [-0.1, -0.05) is 5.16 Å². The molecule has 0 aliphatic carbocycles. The summed E-state index contributed by atoms with van der Waals surface area (Å²) in [5.41, 5.74) is 0.851. The normalized spacial score (nSPS) is 11.5. The Hall–Kier alpha value is -2.24. The third kappa shape index (κ3) is 3.57. The third-order valence-electron chi connectivity index (χ3n) is 2.64. The molecular formula is C12H9N3O5S3. The Morgan fingerprint density at radius 1 is 1.35 bits per heavy atom. The second kappa shape index (κ2) is 6.10. The number of carboxylic acids is 1. The number of rotatable bonds is 6. The molecule has 11 heteroatoms. The van der Waals surface area contributed by atoms with Crippen LogP contribution in [0.5, 0.6) is 0 Å². The number of nitrogens with zero attached hydrogens (tertiary/aromatic N) is 2. The molecule has 23 heavy (non-hydrogen) atoms. The number of hydrogen-bond donors (Lipinski definition) is 2. The lowest BCUT2D eigenvalue weighted by Crippen LogP contribution is -2.11. The fraction of sp³-hybridized carbons (Fsp3) is 0.0833. The fourth-order valence-electron chi connectivity index (χ4n) is 1.70. The van der Waals surface area contributed by atoms with Gasteiger partial charge in [-0.05, 0) is 12.1 Å². The van der Waals surface area contributed by atoms with Crippen molar-refractivity contribution < 1.29 is 22.8 Å². The summed E-state index contributed by atoms with van der Waals surface area (Å²) in [6.45, 7) is 0. The first kappa shape index (κ1) is 15.6. The van der Waals surface area contributed by atoms with Crippen LogP contribution in [0.15, 0.2) is 38.6 Å². The van der Waals surface area contributed by atoms with Crippen molar-refractivity contribution in [1.29, 1.82) is 0 Å². The molecule has 3 aromatic heterocycles. The minimum atomic E-state index is -3.79. The Balaban J connectivity index is 1.79. The monoisotopic (exact) mass is 371 g/mol. The number of aliphatic carboxylic acids is 1. The molecule has 0 saturated carbocycles. The van der Waals surface area contributed by atoms with Crippen molar-refractivity contribution >= 4 is 43.8 Å². The zero-order valence-corrected chi connectivity index (χ0v) is 13.7. The average molecular weight is 371 g/mol. The summed E-state index contributed by atoms with van der Waals surface area (Å²) in [5, 5.41) is 14.1. The van der Waals surface area contributed by atoms with Crippen LogP contribution in [0.4, 0.5) is 5.13 Å². The lowest BCUT2D eigenvalue weighted by molar-refractivity contribution is -0.136. The maximum Gasteiger partial charge on any atom is 0.309 e. The van der Waals surface area contributed by atoms with Crippen molar-refractivity contribution in [3.8, 4) is 10.6 Å². The summed E-state index contributed by atoms with van der Waals surface area (Å²) >= 11 is 2.07. The molecule has 0 aliphatic rings. The predicted molar refractivity (Wildman–Crippen MR) is 84.1 cm³/mol. The molecule has 0 spiro atoms. The van der Waals surface area contributed by atoms with E-state index in [-0.39, 0.29) is 15.8 Å². The van der Waals surface area contributed by atoms with E-state index in [4.69, 9.17) is 9.63 Å². The first-order valence-corrected chi connectivity index (χ1v) is 9.31. The van der Waals surface area contributed by atoms with Gasteiger partial charge in [0, 0.05) is 11.4 Å². The molecule has 0 saturated heterocycles. The highest BCUT2D eigenvalue weighted by Gasteiger charge is 2.20. The van der Waals surface area contributed by atoms with E-state index in [2.05, 4.69) is 14.9 Å². The number of thiazole rings is 1. The van der Waals surface area contributed by atoms with E-state index in [9.17, 15) is 13.2 Å². The molecule has 8 nitrogen and oxygen atoms in total.